The average Bonchev–Trinajstić information content (AvgIpc) is 2.94. The Morgan fingerprint density at radius 3 is 2.70 bits per heavy atom. The molecule has 1 aromatic carbocycles. The summed E-state index contributed by atoms with van der Waals surface area (Å²) in [5.74, 6) is -0.346. The maximum Gasteiger partial charge on any atom is 0.252 e. The van der Waals surface area contributed by atoms with E-state index < -0.39 is 6.04 Å². The molecule has 1 fully saturated rings. The predicted octanol–water partition coefficient (Wildman–Crippen LogP) is 2.88. The van der Waals surface area contributed by atoms with Crippen LogP contribution in [0.5, 0.6) is 0 Å². The number of ketones is 1. The van der Waals surface area contributed by atoms with Crippen LogP contribution in [-0.2, 0) is 0 Å². The monoisotopic (exact) mass is 294 g/mol. The maximum absolute atomic E-state index is 12.2. The predicted molar refractivity (Wildman–Crippen MR) is 77.0 cm³/mol. The molecule has 1 atom stereocenters. The molecule has 0 spiro atoms. The molecule has 0 amide bonds. The highest BCUT2D eigenvalue weighted by atomic mass is 35.5. The van der Waals surface area contributed by atoms with Gasteiger partial charge in [0.1, 0.15) is 5.71 Å². The number of halogens is 1. The molecule has 0 bridgehead atoms. The Labute approximate surface area is 121 Å². The second-order valence-corrected chi connectivity index (χ2v) is 5.18. The van der Waals surface area contributed by atoms with Crippen molar-refractivity contribution in [2.75, 3.05) is 0 Å². The molecule has 1 N–H and O–H groups in total. The Balaban J connectivity index is 2.28. The molecule has 20 heavy (non-hydrogen) atoms. The molecule has 5 nitrogen and oxygen atoms in total. The molecule has 1 saturated carbocycles. The second kappa shape index (κ2) is 6.05. The van der Waals surface area contributed by atoms with Gasteiger partial charge in [0.2, 0.25) is 11.8 Å². The van der Waals surface area contributed by atoms with Crippen molar-refractivity contribution in [2.45, 2.75) is 32.2 Å². The van der Waals surface area contributed by atoms with Gasteiger partial charge in [0.25, 0.3) is 5.78 Å². The lowest BCUT2D eigenvalue weighted by atomic mass is 10.1. The highest BCUT2D eigenvalue weighted by Crippen LogP contribution is 2.19. The van der Waals surface area contributed by atoms with Gasteiger partial charge in [-0.1, -0.05) is 16.8 Å². The van der Waals surface area contributed by atoms with Crippen molar-refractivity contribution in [3.8, 4) is 0 Å². The summed E-state index contributed by atoms with van der Waals surface area (Å²) in [5, 5.41) is 24.8. The van der Waals surface area contributed by atoms with Gasteiger partial charge in [0.05, 0.1) is 0 Å². The number of carbonyl (C=O) groups is 1. The minimum absolute atomic E-state index is 0.0837. The third-order valence-electron chi connectivity index (χ3n) is 3.47. The van der Waals surface area contributed by atoms with Crippen molar-refractivity contribution in [1.29, 1.82) is 0 Å². The van der Waals surface area contributed by atoms with Crippen LogP contribution in [-0.4, -0.2) is 33.2 Å². The summed E-state index contributed by atoms with van der Waals surface area (Å²) in [4.78, 5) is 12.2. The summed E-state index contributed by atoms with van der Waals surface area (Å²) in [5.41, 5.74) is 0.928. The van der Waals surface area contributed by atoms with Gasteiger partial charge in [-0.15, -0.1) is 0 Å². The van der Waals surface area contributed by atoms with Crippen LogP contribution in [0.15, 0.2) is 29.4 Å². The molecule has 106 valence electrons. The van der Waals surface area contributed by atoms with E-state index in [9.17, 15) is 10.0 Å². The van der Waals surface area contributed by atoms with Crippen molar-refractivity contribution in [1.82, 2.24) is 0 Å². The fourth-order valence-electron chi connectivity index (χ4n) is 2.32. The topological polar surface area (TPSA) is 75.7 Å². The molecular weight excluding hydrogens is 280 g/mol. The molecule has 0 unspecified atom stereocenters. The Morgan fingerprint density at radius 1 is 1.45 bits per heavy atom. The first-order valence-electron chi connectivity index (χ1n) is 6.35. The number of carbonyl (C=O) groups excluding carboxylic acids is 1. The molecule has 0 radical (unpaired) electrons. The van der Waals surface area contributed by atoms with Gasteiger partial charge in [-0.25, -0.2) is 0 Å². The van der Waals surface area contributed by atoms with Gasteiger partial charge in [-0.2, -0.15) is 4.74 Å². The first-order valence-corrected chi connectivity index (χ1v) is 6.73. The largest absolute Gasteiger partial charge is 0.623 e. The van der Waals surface area contributed by atoms with E-state index in [0.717, 1.165) is 6.42 Å². The summed E-state index contributed by atoms with van der Waals surface area (Å²) >= 11 is 5.77. The summed E-state index contributed by atoms with van der Waals surface area (Å²) < 4.78 is 0.652. The number of nitrogens with zero attached hydrogens (tertiary/aromatic N) is 2. The SMILES string of the molecule is C/C(C(=O)c1ccc(Cl)cc1)=[N+](/[O-])[C@@H]1CCC/C1=N/O. The van der Waals surface area contributed by atoms with E-state index in [2.05, 4.69) is 5.16 Å². The van der Waals surface area contributed by atoms with Gasteiger partial charge in [-0.3, -0.25) is 4.79 Å². The van der Waals surface area contributed by atoms with E-state index >= 15 is 0 Å². The molecule has 0 heterocycles. The number of hydrogen-bond donors (Lipinski definition) is 1. The van der Waals surface area contributed by atoms with Crippen LogP contribution in [0, 0.1) is 5.21 Å². The molecule has 0 aliphatic heterocycles. The highest BCUT2D eigenvalue weighted by Gasteiger charge is 2.32. The Hall–Kier alpha value is -1.88. The quantitative estimate of drug-likeness (QED) is 0.233. The Kier molecular flexibility index (Phi) is 4.39. The summed E-state index contributed by atoms with van der Waals surface area (Å²) in [6.07, 6.45) is 1.96. The molecule has 6 heteroatoms. The van der Waals surface area contributed by atoms with Gasteiger partial charge < -0.3 is 10.4 Å². The third-order valence-corrected chi connectivity index (χ3v) is 3.72. The van der Waals surface area contributed by atoms with Crippen molar-refractivity contribution in [3.05, 3.63) is 40.1 Å². The third kappa shape index (κ3) is 2.82. The molecule has 0 saturated heterocycles. The van der Waals surface area contributed by atoms with Gasteiger partial charge in [0.15, 0.2) is 0 Å². The standard InChI is InChI=1S/C14H15ClN2O3/c1-9(14(18)10-5-7-11(15)8-6-10)17(20)13-4-2-3-12(13)16-19/h5-8,13,19H,2-4H2,1H3/b16-12-,17-9-/t13-/m1/s1. The highest BCUT2D eigenvalue weighted by molar-refractivity contribution is 6.43. The molecular formula is C14H15ClN2O3. The Bertz CT molecular complexity index is 579. The van der Waals surface area contributed by atoms with Gasteiger partial charge in [-0.05, 0) is 37.1 Å². The average molecular weight is 295 g/mol. The number of benzene rings is 1. The molecule has 0 aromatic heterocycles. The zero-order valence-electron chi connectivity index (χ0n) is 11.0. The first kappa shape index (κ1) is 14.5. The number of rotatable bonds is 3. The second-order valence-electron chi connectivity index (χ2n) is 4.75. The van der Waals surface area contributed by atoms with E-state index in [1.807, 2.05) is 0 Å². The molecule has 2 rings (SSSR count). The zero-order valence-corrected chi connectivity index (χ0v) is 11.8. The lowest BCUT2D eigenvalue weighted by Gasteiger charge is -2.14. The van der Waals surface area contributed by atoms with Crippen LogP contribution in [0.1, 0.15) is 36.5 Å². The van der Waals surface area contributed by atoms with Crippen molar-refractivity contribution >= 4 is 28.8 Å². The fraction of sp³-hybridized carbons (Fsp3) is 0.357. The van der Waals surface area contributed by atoms with Crippen LogP contribution >= 0.6 is 11.6 Å². The van der Waals surface area contributed by atoms with Crippen LogP contribution in [0.4, 0.5) is 0 Å². The number of hydroxylamine groups is 1. The van der Waals surface area contributed by atoms with Crippen molar-refractivity contribution < 1.29 is 14.7 Å². The lowest BCUT2D eigenvalue weighted by molar-refractivity contribution is -0.479. The van der Waals surface area contributed by atoms with Crippen LogP contribution < -0.4 is 0 Å². The van der Waals surface area contributed by atoms with Crippen molar-refractivity contribution in [2.24, 2.45) is 5.16 Å². The first-order chi connectivity index (χ1) is 9.54. The lowest BCUT2D eigenvalue weighted by Crippen LogP contribution is -2.33. The normalized spacial score (nSPS) is 21.9. The van der Waals surface area contributed by atoms with Crippen molar-refractivity contribution in [3.63, 3.8) is 0 Å². The minimum atomic E-state index is -0.545. The van der Waals surface area contributed by atoms with Crippen LogP contribution in [0.2, 0.25) is 5.02 Å². The van der Waals surface area contributed by atoms with E-state index in [-0.39, 0.29) is 11.5 Å². The Morgan fingerprint density at radius 2 is 2.10 bits per heavy atom. The van der Waals surface area contributed by atoms with E-state index in [1.165, 1.54) is 6.92 Å². The number of oxime groups is 1. The van der Waals surface area contributed by atoms with Crippen LogP contribution in [0.3, 0.4) is 0 Å². The summed E-state index contributed by atoms with van der Waals surface area (Å²) in [6.45, 7) is 1.48. The number of Topliss-reactive ketones (excluding diaryl/α,β-unsaturated/α-hetero) is 1. The van der Waals surface area contributed by atoms with Crippen LogP contribution in [0.25, 0.3) is 0 Å². The molecule has 1 aliphatic carbocycles. The van der Waals surface area contributed by atoms with E-state index in [1.54, 1.807) is 24.3 Å². The minimum Gasteiger partial charge on any atom is -0.623 e. The fourth-order valence-corrected chi connectivity index (χ4v) is 2.45. The molecule has 1 aliphatic rings. The van der Waals surface area contributed by atoms with Gasteiger partial charge in [0, 0.05) is 23.9 Å². The number of hydrogen-bond acceptors (Lipinski definition) is 4. The summed E-state index contributed by atoms with van der Waals surface area (Å²) in [6, 6.07) is 5.83. The van der Waals surface area contributed by atoms with Gasteiger partial charge >= 0.3 is 0 Å². The summed E-state index contributed by atoms with van der Waals surface area (Å²) in [7, 11) is 0. The van der Waals surface area contributed by atoms with E-state index in [0.29, 0.717) is 33.9 Å². The maximum atomic E-state index is 12.2. The van der Waals surface area contributed by atoms with E-state index in [4.69, 9.17) is 16.8 Å². The smallest absolute Gasteiger partial charge is 0.252 e. The zero-order chi connectivity index (χ0) is 14.7. The molecule has 1 aromatic rings.